The van der Waals surface area contributed by atoms with Gasteiger partial charge in [0, 0.05) is 10.0 Å². The highest BCUT2D eigenvalue weighted by Gasteiger charge is 2.45. The number of anilines is 1. The largest absolute Gasteiger partial charge is 0.397 e. The SMILES string of the molecule is Nc1c(Br)cccc1-c1ccc(C2(c3ccccc3)c3ccccc3-c3ccccc32)cc1. The maximum absolute atomic E-state index is 6.37. The van der Waals surface area contributed by atoms with Crippen molar-refractivity contribution in [3.8, 4) is 22.3 Å². The van der Waals surface area contributed by atoms with Crippen molar-refractivity contribution in [1.29, 1.82) is 0 Å². The van der Waals surface area contributed by atoms with Crippen LogP contribution in [-0.4, -0.2) is 0 Å². The van der Waals surface area contributed by atoms with Crippen LogP contribution in [0.25, 0.3) is 22.3 Å². The van der Waals surface area contributed by atoms with E-state index in [-0.39, 0.29) is 5.41 Å². The summed E-state index contributed by atoms with van der Waals surface area (Å²) in [5, 5.41) is 0. The maximum atomic E-state index is 6.37. The molecule has 0 atom stereocenters. The van der Waals surface area contributed by atoms with E-state index in [2.05, 4.69) is 125 Å². The fourth-order valence-corrected chi connectivity index (χ4v) is 5.77. The summed E-state index contributed by atoms with van der Waals surface area (Å²) >= 11 is 3.56. The lowest BCUT2D eigenvalue weighted by Crippen LogP contribution is -2.28. The van der Waals surface area contributed by atoms with Gasteiger partial charge in [-0.05, 0) is 60.9 Å². The molecular weight excluding hydrogens is 466 g/mol. The van der Waals surface area contributed by atoms with Crippen molar-refractivity contribution >= 4 is 21.6 Å². The Morgan fingerprint density at radius 2 is 1.00 bits per heavy atom. The Bertz CT molecular complexity index is 1420. The van der Waals surface area contributed by atoms with Gasteiger partial charge in [-0.25, -0.2) is 0 Å². The lowest BCUT2D eigenvalue weighted by atomic mass is 9.67. The van der Waals surface area contributed by atoms with Gasteiger partial charge in [0.2, 0.25) is 0 Å². The van der Waals surface area contributed by atoms with Gasteiger partial charge in [0.05, 0.1) is 11.1 Å². The number of hydrogen-bond donors (Lipinski definition) is 1. The van der Waals surface area contributed by atoms with Gasteiger partial charge in [-0.3, -0.25) is 0 Å². The molecule has 1 aliphatic rings. The first-order valence-electron chi connectivity index (χ1n) is 11.1. The van der Waals surface area contributed by atoms with Gasteiger partial charge < -0.3 is 5.73 Å². The van der Waals surface area contributed by atoms with Crippen molar-refractivity contribution in [3.63, 3.8) is 0 Å². The Morgan fingerprint density at radius 1 is 0.485 bits per heavy atom. The summed E-state index contributed by atoms with van der Waals surface area (Å²) in [5.74, 6) is 0. The van der Waals surface area contributed by atoms with Crippen LogP contribution in [0, 0.1) is 0 Å². The summed E-state index contributed by atoms with van der Waals surface area (Å²) in [6, 6.07) is 43.5. The molecule has 0 aromatic heterocycles. The van der Waals surface area contributed by atoms with Crippen molar-refractivity contribution in [3.05, 3.63) is 148 Å². The number of nitrogens with two attached hydrogens (primary N) is 1. The maximum Gasteiger partial charge on any atom is 0.0713 e. The molecule has 0 saturated carbocycles. The second-order valence-corrected chi connectivity index (χ2v) is 9.34. The summed E-state index contributed by atoms with van der Waals surface area (Å²) in [6.07, 6.45) is 0. The third-order valence-corrected chi connectivity index (χ3v) is 7.53. The molecule has 1 nitrogen and oxygen atoms in total. The Labute approximate surface area is 202 Å². The van der Waals surface area contributed by atoms with Gasteiger partial charge in [-0.15, -0.1) is 0 Å². The highest BCUT2D eigenvalue weighted by atomic mass is 79.9. The van der Waals surface area contributed by atoms with Crippen LogP contribution in [0.15, 0.2) is 126 Å². The number of fused-ring (bicyclic) bond motifs is 3. The molecule has 0 spiro atoms. The van der Waals surface area contributed by atoms with E-state index in [1.54, 1.807) is 0 Å². The molecule has 2 N–H and O–H groups in total. The number of para-hydroxylation sites is 1. The number of nitrogen functional groups attached to an aromatic ring is 1. The predicted octanol–water partition coefficient (Wildman–Crippen LogP) is 8.06. The molecule has 5 aromatic carbocycles. The van der Waals surface area contributed by atoms with Crippen molar-refractivity contribution in [2.24, 2.45) is 0 Å². The molecule has 0 amide bonds. The fraction of sp³-hybridized carbons (Fsp3) is 0.0323. The molecule has 0 unspecified atom stereocenters. The number of halogens is 1. The molecule has 5 aromatic rings. The lowest BCUT2D eigenvalue weighted by molar-refractivity contribution is 0.768. The van der Waals surface area contributed by atoms with Gasteiger partial charge in [0.15, 0.2) is 0 Å². The van der Waals surface area contributed by atoms with E-state index in [9.17, 15) is 0 Å². The van der Waals surface area contributed by atoms with Crippen LogP contribution in [0.5, 0.6) is 0 Å². The number of rotatable bonds is 3. The lowest BCUT2D eigenvalue weighted by Gasteiger charge is -2.34. The minimum absolute atomic E-state index is 0.365. The molecule has 0 saturated heterocycles. The second-order valence-electron chi connectivity index (χ2n) is 8.49. The van der Waals surface area contributed by atoms with E-state index < -0.39 is 0 Å². The van der Waals surface area contributed by atoms with Gasteiger partial charge in [-0.1, -0.05) is 115 Å². The third kappa shape index (κ3) is 2.91. The van der Waals surface area contributed by atoms with Crippen LogP contribution >= 0.6 is 15.9 Å². The monoisotopic (exact) mass is 487 g/mol. The van der Waals surface area contributed by atoms with Crippen LogP contribution in [0.1, 0.15) is 22.3 Å². The summed E-state index contributed by atoms with van der Waals surface area (Å²) in [6.45, 7) is 0. The highest BCUT2D eigenvalue weighted by molar-refractivity contribution is 9.10. The third-order valence-electron chi connectivity index (χ3n) is 6.84. The summed E-state index contributed by atoms with van der Waals surface area (Å²) in [5.41, 5.74) is 16.7. The zero-order valence-electron chi connectivity index (χ0n) is 18.0. The Morgan fingerprint density at radius 3 is 1.64 bits per heavy atom. The predicted molar refractivity (Wildman–Crippen MR) is 141 cm³/mol. The van der Waals surface area contributed by atoms with E-state index in [1.807, 2.05) is 12.1 Å². The molecule has 0 heterocycles. The zero-order chi connectivity index (χ0) is 22.4. The van der Waals surface area contributed by atoms with Crippen molar-refractivity contribution in [2.45, 2.75) is 5.41 Å². The molecule has 6 rings (SSSR count). The quantitative estimate of drug-likeness (QED) is 0.251. The molecular formula is C31H22BrN. The fourth-order valence-electron chi connectivity index (χ4n) is 5.40. The first-order chi connectivity index (χ1) is 16.2. The second kappa shape index (κ2) is 7.75. The Kier molecular flexibility index (Phi) is 4.70. The highest BCUT2D eigenvalue weighted by Crippen LogP contribution is 2.56. The molecule has 33 heavy (non-hydrogen) atoms. The van der Waals surface area contributed by atoms with Gasteiger partial charge in [0.1, 0.15) is 0 Å². The smallest absolute Gasteiger partial charge is 0.0713 e. The van der Waals surface area contributed by atoms with Crippen LogP contribution < -0.4 is 5.73 Å². The molecule has 0 bridgehead atoms. The summed E-state index contributed by atoms with van der Waals surface area (Å²) in [4.78, 5) is 0. The molecule has 158 valence electrons. The summed E-state index contributed by atoms with van der Waals surface area (Å²) < 4.78 is 0.920. The molecule has 0 radical (unpaired) electrons. The van der Waals surface area contributed by atoms with Crippen molar-refractivity contribution in [1.82, 2.24) is 0 Å². The molecule has 0 fully saturated rings. The first kappa shape index (κ1) is 20.0. The van der Waals surface area contributed by atoms with E-state index >= 15 is 0 Å². The van der Waals surface area contributed by atoms with E-state index in [0.717, 1.165) is 21.3 Å². The minimum atomic E-state index is -0.365. The van der Waals surface area contributed by atoms with Crippen LogP contribution in [-0.2, 0) is 5.41 Å². The van der Waals surface area contributed by atoms with Crippen molar-refractivity contribution < 1.29 is 0 Å². The van der Waals surface area contributed by atoms with Gasteiger partial charge in [0.25, 0.3) is 0 Å². The first-order valence-corrected chi connectivity index (χ1v) is 11.9. The summed E-state index contributed by atoms with van der Waals surface area (Å²) in [7, 11) is 0. The average molecular weight is 488 g/mol. The minimum Gasteiger partial charge on any atom is -0.397 e. The van der Waals surface area contributed by atoms with Crippen LogP contribution in [0.4, 0.5) is 5.69 Å². The normalized spacial score (nSPS) is 13.4. The van der Waals surface area contributed by atoms with E-state index in [4.69, 9.17) is 5.73 Å². The molecule has 1 aliphatic carbocycles. The number of hydrogen-bond acceptors (Lipinski definition) is 1. The molecule has 0 aliphatic heterocycles. The standard InChI is InChI=1S/C31H22BrN/c32-29-16-8-13-24(30(29)33)21-17-19-23(20-18-21)31(22-9-2-1-3-10-22)27-14-6-4-11-25(27)26-12-5-7-15-28(26)31/h1-20H,33H2. The van der Waals surface area contributed by atoms with Crippen LogP contribution in [0.2, 0.25) is 0 Å². The van der Waals surface area contributed by atoms with Gasteiger partial charge >= 0.3 is 0 Å². The topological polar surface area (TPSA) is 26.0 Å². The zero-order valence-corrected chi connectivity index (χ0v) is 19.6. The number of benzene rings is 5. The van der Waals surface area contributed by atoms with E-state index in [1.165, 1.54) is 33.4 Å². The van der Waals surface area contributed by atoms with Crippen molar-refractivity contribution in [2.75, 3.05) is 5.73 Å². The Balaban J connectivity index is 1.63. The Hall–Kier alpha value is -3.62. The van der Waals surface area contributed by atoms with E-state index in [0.29, 0.717) is 0 Å². The molecule has 2 heteroatoms. The van der Waals surface area contributed by atoms with Crippen LogP contribution in [0.3, 0.4) is 0 Å². The average Bonchev–Trinajstić information content (AvgIpc) is 3.18. The van der Waals surface area contributed by atoms with Gasteiger partial charge in [-0.2, -0.15) is 0 Å².